The molecule has 0 aliphatic carbocycles. The summed E-state index contributed by atoms with van der Waals surface area (Å²) in [6.07, 6.45) is 3.99. The van der Waals surface area contributed by atoms with Gasteiger partial charge in [0.15, 0.2) is 0 Å². The van der Waals surface area contributed by atoms with Crippen molar-refractivity contribution in [1.82, 2.24) is 15.5 Å². The first-order valence-corrected chi connectivity index (χ1v) is 7.69. The van der Waals surface area contributed by atoms with Crippen LogP contribution in [-0.4, -0.2) is 49.4 Å². The summed E-state index contributed by atoms with van der Waals surface area (Å²) in [6, 6.07) is -0.111. The lowest BCUT2D eigenvalue weighted by atomic mass is 9.76. The van der Waals surface area contributed by atoms with Crippen LogP contribution in [0.25, 0.3) is 0 Å². The second-order valence-electron chi connectivity index (χ2n) is 6.72. The first-order valence-electron chi connectivity index (χ1n) is 7.69. The average Bonchev–Trinajstić information content (AvgIpc) is 2.45. The number of rotatable bonds is 2. The molecule has 2 unspecified atom stereocenters. The monoisotopic (exact) mass is 281 g/mol. The van der Waals surface area contributed by atoms with Gasteiger partial charge in [-0.3, -0.25) is 9.59 Å². The van der Waals surface area contributed by atoms with Crippen LogP contribution in [0.1, 0.15) is 39.5 Å². The van der Waals surface area contributed by atoms with Gasteiger partial charge in [-0.1, -0.05) is 13.8 Å². The number of nitrogens with zero attached hydrogens (tertiary/aromatic N) is 1. The van der Waals surface area contributed by atoms with Crippen LogP contribution >= 0.6 is 0 Å². The zero-order valence-corrected chi connectivity index (χ0v) is 12.9. The van der Waals surface area contributed by atoms with Gasteiger partial charge in [0, 0.05) is 20.1 Å². The second kappa shape index (κ2) is 6.12. The molecule has 114 valence electrons. The van der Waals surface area contributed by atoms with Gasteiger partial charge in [0.25, 0.3) is 0 Å². The minimum Gasteiger partial charge on any atom is -0.359 e. The Labute approximate surface area is 121 Å². The number of nitrogens with one attached hydrogen (secondary N) is 2. The number of carbonyl (C=O) groups excluding carboxylic acids is 2. The summed E-state index contributed by atoms with van der Waals surface area (Å²) in [5.41, 5.74) is -0.00467. The van der Waals surface area contributed by atoms with Crippen LogP contribution in [0.15, 0.2) is 0 Å². The summed E-state index contributed by atoms with van der Waals surface area (Å²) < 4.78 is 0. The predicted molar refractivity (Wildman–Crippen MR) is 78.2 cm³/mol. The van der Waals surface area contributed by atoms with E-state index in [1.54, 1.807) is 7.05 Å². The standard InChI is InChI=1S/C15H27N3O2/c1-15(2)7-5-8-17-12(15)14(20)18-9-4-6-11(10-18)13(19)16-3/h11-12,17H,4-10H2,1-3H3,(H,16,19). The minimum atomic E-state index is -0.111. The highest BCUT2D eigenvalue weighted by Gasteiger charge is 2.40. The number of hydrogen-bond acceptors (Lipinski definition) is 3. The Hall–Kier alpha value is -1.10. The Morgan fingerprint density at radius 1 is 1.30 bits per heavy atom. The molecule has 2 rings (SSSR count). The average molecular weight is 281 g/mol. The van der Waals surface area contributed by atoms with Gasteiger partial charge in [0.1, 0.15) is 0 Å². The van der Waals surface area contributed by atoms with Gasteiger partial charge in [-0.15, -0.1) is 0 Å². The maximum absolute atomic E-state index is 12.8. The molecule has 2 atom stereocenters. The van der Waals surface area contributed by atoms with Crippen LogP contribution in [0.4, 0.5) is 0 Å². The van der Waals surface area contributed by atoms with Crippen LogP contribution < -0.4 is 10.6 Å². The Balaban J connectivity index is 2.03. The normalized spacial score (nSPS) is 29.9. The van der Waals surface area contributed by atoms with E-state index in [0.717, 1.165) is 38.8 Å². The largest absolute Gasteiger partial charge is 0.359 e. The molecule has 2 aliphatic rings. The van der Waals surface area contributed by atoms with Crippen LogP contribution in [0.5, 0.6) is 0 Å². The first-order chi connectivity index (χ1) is 9.45. The molecule has 2 saturated heterocycles. The highest BCUT2D eigenvalue weighted by Crippen LogP contribution is 2.32. The molecule has 2 fully saturated rings. The van der Waals surface area contributed by atoms with E-state index in [2.05, 4.69) is 24.5 Å². The van der Waals surface area contributed by atoms with Crippen molar-refractivity contribution in [2.24, 2.45) is 11.3 Å². The van der Waals surface area contributed by atoms with Crippen molar-refractivity contribution in [1.29, 1.82) is 0 Å². The molecule has 2 N–H and O–H groups in total. The van der Waals surface area contributed by atoms with Crippen molar-refractivity contribution in [2.75, 3.05) is 26.7 Å². The third-order valence-corrected chi connectivity index (χ3v) is 4.73. The second-order valence-corrected chi connectivity index (χ2v) is 6.72. The van der Waals surface area contributed by atoms with E-state index in [9.17, 15) is 9.59 Å². The van der Waals surface area contributed by atoms with Crippen molar-refractivity contribution in [3.8, 4) is 0 Å². The Kier molecular flexibility index (Phi) is 4.68. The van der Waals surface area contributed by atoms with Crippen molar-refractivity contribution in [3.63, 3.8) is 0 Å². The fourth-order valence-electron chi connectivity index (χ4n) is 3.41. The van der Waals surface area contributed by atoms with Gasteiger partial charge in [0.05, 0.1) is 12.0 Å². The SMILES string of the molecule is CNC(=O)C1CCCN(C(=O)C2NCCCC2(C)C)C1. The maximum Gasteiger partial charge on any atom is 0.240 e. The highest BCUT2D eigenvalue weighted by molar-refractivity contribution is 5.84. The molecule has 2 aliphatic heterocycles. The Morgan fingerprint density at radius 2 is 2.05 bits per heavy atom. The quantitative estimate of drug-likeness (QED) is 0.785. The summed E-state index contributed by atoms with van der Waals surface area (Å²) in [5.74, 6) is 0.172. The van der Waals surface area contributed by atoms with E-state index >= 15 is 0 Å². The Morgan fingerprint density at radius 3 is 2.70 bits per heavy atom. The fourth-order valence-corrected chi connectivity index (χ4v) is 3.41. The maximum atomic E-state index is 12.8. The molecule has 0 aromatic rings. The molecule has 0 aromatic heterocycles. The topological polar surface area (TPSA) is 61.4 Å². The number of hydrogen-bond donors (Lipinski definition) is 2. The van der Waals surface area contributed by atoms with Gasteiger partial charge >= 0.3 is 0 Å². The van der Waals surface area contributed by atoms with Gasteiger partial charge in [-0.2, -0.15) is 0 Å². The molecule has 2 heterocycles. The zero-order valence-electron chi connectivity index (χ0n) is 12.9. The van der Waals surface area contributed by atoms with Gasteiger partial charge < -0.3 is 15.5 Å². The number of amides is 2. The molecule has 5 nitrogen and oxygen atoms in total. The number of likely N-dealkylation sites (tertiary alicyclic amines) is 1. The molecule has 5 heteroatoms. The molecule has 0 radical (unpaired) electrons. The van der Waals surface area contributed by atoms with Crippen LogP contribution in [0.2, 0.25) is 0 Å². The Bertz CT molecular complexity index is 381. The van der Waals surface area contributed by atoms with Gasteiger partial charge in [-0.05, 0) is 37.6 Å². The van der Waals surface area contributed by atoms with Crippen LogP contribution in [0.3, 0.4) is 0 Å². The summed E-state index contributed by atoms with van der Waals surface area (Å²) in [7, 11) is 1.66. The highest BCUT2D eigenvalue weighted by atomic mass is 16.2. The van der Waals surface area contributed by atoms with E-state index in [-0.39, 0.29) is 29.2 Å². The third-order valence-electron chi connectivity index (χ3n) is 4.73. The fraction of sp³-hybridized carbons (Fsp3) is 0.867. The van der Waals surface area contributed by atoms with E-state index < -0.39 is 0 Å². The molecule has 20 heavy (non-hydrogen) atoms. The van der Waals surface area contributed by atoms with Crippen molar-refractivity contribution < 1.29 is 9.59 Å². The summed E-state index contributed by atoms with van der Waals surface area (Å²) in [6.45, 7) is 6.56. The molecule has 0 aromatic carbocycles. The van der Waals surface area contributed by atoms with E-state index in [0.29, 0.717) is 6.54 Å². The molecular formula is C15H27N3O2. The zero-order chi connectivity index (χ0) is 14.8. The van der Waals surface area contributed by atoms with Crippen LogP contribution in [0, 0.1) is 11.3 Å². The van der Waals surface area contributed by atoms with Gasteiger partial charge in [0.2, 0.25) is 11.8 Å². The molecular weight excluding hydrogens is 254 g/mol. The predicted octanol–water partition coefficient (Wildman–Crippen LogP) is 0.749. The smallest absolute Gasteiger partial charge is 0.240 e. The van der Waals surface area contributed by atoms with Crippen molar-refractivity contribution in [3.05, 3.63) is 0 Å². The molecule has 2 amide bonds. The molecule has 0 bridgehead atoms. The van der Waals surface area contributed by atoms with Gasteiger partial charge in [-0.25, -0.2) is 0 Å². The first kappa shape index (κ1) is 15.3. The molecule has 0 saturated carbocycles. The van der Waals surface area contributed by atoms with Crippen molar-refractivity contribution in [2.45, 2.75) is 45.6 Å². The van der Waals surface area contributed by atoms with E-state index in [1.807, 2.05) is 4.90 Å². The van der Waals surface area contributed by atoms with E-state index in [4.69, 9.17) is 0 Å². The summed E-state index contributed by atoms with van der Waals surface area (Å²) >= 11 is 0. The lowest BCUT2D eigenvalue weighted by Crippen LogP contribution is -2.58. The minimum absolute atomic E-state index is 0.00467. The lowest BCUT2D eigenvalue weighted by Gasteiger charge is -2.42. The number of carbonyl (C=O) groups is 2. The van der Waals surface area contributed by atoms with E-state index in [1.165, 1.54) is 0 Å². The van der Waals surface area contributed by atoms with Crippen LogP contribution in [-0.2, 0) is 9.59 Å². The lowest BCUT2D eigenvalue weighted by molar-refractivity contribution is -0.140. The molecule has 0 spiro atoms. The van der Waals surface area contributed by atoms with Crippen molar-refractivity contribution >= 4 is 11.8 Å². The summed E-state index contributed by atoms with van der Waals surface area (Å²) in [5, 5.41) is 6.07. The summed E-state index contributed by atoms with van der Waals surface area (Å²) in [4.78, 5) is 26.4. The number of piperidine rings is 2. The third kappa shape index (κ3) is 3.14.